The fourth-order valence-corrected chi connectivity index (χ4v) is 1.74. The summed E-state index contributed by atoms with van der Waals surface area (Å²) in [6.45, 7) is 8.99. The van der Waals surface area contributed by atoms with Crippen LogP contribution in [0.25, 0.3) is 0 Å². The van der Waals surface area contributed by atoms with Crippen molar-refractivity contribution in [2.75, 3.05) is 5.32 Å². The highest BCUT2D eigenvalue weighted by Gasteiger charge is 2.28. The predicted octanol–water partition coefficient (Wildman–Crippen LogP) is 2.52. The molecular weight excluding hydrogens is 258 g/mol. The minimum absolute atomic E-state index is 0.0422. The number of nitro benzene ring substituents is 1. The number of anilines is 1. The third kappa shape index (κ3) is 3.54. The maximum atomic E-state index is 12.1. The molecule has 0 aliphatic rings. The maximum Gasteiger partial charge on any atom is 0.272 e. The normalized spacial score (nSPS) is 12.9. The number of hydrogen-bond acceptors (Lipinski definition) is 4. The van der Waals surface area contributed by atoms with Gasteiger partial charge in [0.15, 0.2) is 0 Å². The number of hydrogen-bond donors (Lipinski definition) is 2. The van der Waals surface area contributed by atoms with Crippen LogP contribution in [0.2, 0.25) is 0 Å². The van der Waals surface area contributed by atoms with E-state index in [0.717, 1.165) is 0 Å². The highest BCUT2D eigenvalue weighted by Crippen LogP contribution is 2.27. The van der Waals surface area contributed by atoms with Crippen molar-refractivity contribution in [2.24, 2.45) is 11.1 Å². The lowest BCUT2D eigenvalue weighted by Crippen LogP contribution is -2.45. The van der Waals surface area contributed by atoms with Gasteiger partial charge in [0.05, 0.1) is 11.0 Å². The molecule has 0 radical (unpaired) electrons. The number of amides is 1. The highest BCUT2D eigenvalue weighted by atomic mass is 16.6. The van der Waals surface area contributed by atoms with Gasteiger partial charge in [-0.05, 0) is 30.9 Å². The Hall–Kier alpha value is -1.95. The minimum atomic E-state index is -0.655. The summed E-state index contributed by atoms with van der Waals surface area (Å²) in [5.74, 6) is -0.297. The molecule has 0 aliphatic heterocycles. The quantitative estimate of drug-likeness (QED) is 0.656. The zero-order valence-electron chi connectivity index (χ0n) is 12.5. The van der Waals surface area contributed by atoms with Crippen molar-refractivity contribution in [2.45, 2.75) is 40.7 Å². The number of nitrogens with zero attached hydrogens (tertiary/aromatic N) is 1. The average molecular weight is 279 g/mol. The van der Waals surface area contributed by atoms with Crippen molar-refractivity contribution >= 4 is 17.3 Å². The summed E-state index contributed by atoms with van der Waals surface area (Å²) in [6.07, 6.45) is 0. The third-order valence-corrected chi connectivity index (χ3v) is 3.21. The van der Waals surface area contributed by atoms with Crippen LogP contribution in [-0.2, 0) is 4.79 Å². The number of nitrogens with two attached hydrogens (primary N) is 1. The van der Waals surface area contributed by atoms with E-state index in [1.165, 1.54) is 6.07 Å². The Bertz CT molecular complexity index is 547. The number of rotatable bonds is 3. The maximum absolute atomic E-state index is 12.1. The lowest BCUT2D eigenvalue weighted by Gasteiger charge is -2.26. The van der Waals surface area contributed by atoms with Crippen LogP contribution < -0.4 is 11.1 Å². The molecule has 0 fully saturated rings. The zero-order chi connectivity index (χ0) is 15.7. The molecule has 0 saturated carbocycles. The summed E-state index contributed by atoms with van der Waals surface area (Å²) in [4.78, 5) is 22.5. The average Bonchev–Trinajstić information content (AvgIpc) is 2.30. The predicted molar refractivity (Wildman–Crippen MR) is 78.6 cm³/mol. The lowest BCUT2D eigenvalue weighted by atomic mass is 9.87. The van der Waals surface area contributed by atoms with Crippen molar-refractivity contribution in [1.82, 2.24) is 0 Å². The third-order valence-electron chi connectivity index (χ3n) is 3.21. The number of nitro groups is 1. The molecular formula is C14H21N3O3. The van der Waals surface area contributed by atoms with Crippen LogP contribution in [0.5, 0.6) is 0 Å². The molecule has 3 N–H and O–H groups in total. The Morgan fingerprint density at radius 1 is 1.30 bits per heavy atom. The van der Waals surface area contributed by atoms with E-state index in [1.807, 2.05) is 20.8 Å². The number of carbonyl (C=O) groups excluding carboxylic acids is 1. The molecule has 0 aliphatic carbocycles. The van der Waals surface area contributed by atoms with Crippen LogP contribution >= 0.6 is 0 Å². The molecule has 1 atom stereocenters. The second-order valence-electron chi connectivity index (χ2n) is 6.04. The molecule has 0 bridgehead atoms. The monoisotopic (exact) mass is 279 g/mol. The van der Waals surface area contributed by atoms with Gasteiger partial charge in [-0.2, -0.15) is 0 Å². The summed E-state index contributed by atoms with van der Waals surface area (Å²) < 4.78 is 0. The van der Waals surface area contributed by atoms with E-state index in [-0.39, 0.29) is 17.0 Å². The molecule has 20 heavy (non-hydrogen) atoms. The van der Waals surface area contributed by atoms with Crippen LogP contribution in [0, 0.1) is 29.4 Å². The molecule has 6 nitrogen and oxygen atoms in total. The summed E-state index contributed by atoms with van der Waals surface area (Å²) in [5.41, 5.74) is 7.27. The fourth-order valence-electron chi connectivity index (χ4n) is 1.74. The Morgan fingerprint density at radius 2 is 1.85 bits per heavy atom. The van der Waals surface area contributed by atoms with Crippen molar-refractivity contribution in [1.29, 1.82) is 0 Å². The van der Waals surface area contributed by atoms with E-state index >= 15 is 0 Å². The molecule has 6 heteroatoms. The van der Waals surface area contributed by atoms with Crippen molar-refractivity contribution < 1.29 is 9.72 Å². The van der Waals surface area contributed by atoms with Gasteiger partial charge in [-0.25, -0.2) is 0 Å². The number of nitrogens with one attached hydrogen (secondary N) is 1. The van der Waals surface area contributed by atoms with E-state index in [4.69, 9.17) is 5.73 Å². The van der Waals surface area contributed by atoms with Crippen LogP contribution in [0.1, 0.15) is 31.9 Å². The molecule has 0 spiro atoms. The summed E-state index contributed by atoms with van der Waals surface area (Å²) in [7, 11) is 0. The van der Waals surface area contributed by atoms with Crippen molar-refractivity contribution in [3.05, 3.63) is 33.4 Å². The van der Waals surface area contributed by atoms with Crippen molar-refractivity contribution in [3.63, 3.8) is 0 Å². The largest absolute Gasteiger partial charge is 0.324 e. The van der Waals surface area contributed by atoms with Gasteiger partial charge in [0.1, 0.15) is 0 Å². The molecule has 0 heterocycles. The van der Waals surface area contributed by atoms with Gasteiger partial charge < -0.3 is 11.1 Å². The van der Waals surface area contributed by atoms with Crippen LogP contribution in [0.15, 0.2) is 12.1 Å². The van der Waals surface area contributed by atoms with Gasteiger partial charge >= 0.3 is 0 Å². The van der Waals surface area contributed by atoms with Crippen LogP contribution in [0.3, 0.4) is 0 Å². The first-order valence-electron chi connectivity index (χ1n) is 6.36. The van der Waals surface area contributed by atoms with E-state index < -0.39 is 11.0 Å². The van der Waals surface area contributed by atoms with Gasteiger partial charge in [-0.15, -0.1) is 0 Å². The summed E-state index contributed by atoms with van der Waals surface area (Å²) in [5, 5.41) is 13.6. The fraction of sp³-hybridized carbons (Fsp3) is 0.500. The minimum Gasteiger partial charge on any atom is -0.324 e. The molecule has 0 unspecified atom stereocenters. The van der Waals surface area contributed by atoms with E-state index in [1.54, 1.807) is 19.9 Å². The molecule has 1 rings (SSSR count). The Morgan fingerprint density at radius 3 is 2.30 bits per heavy atom. The number of benzene rings is 1. The molecule has 0 aromatic heterocycles. The van der Waals surface area contributed by atoms with Crippen LogP contribution in [-0.4, -0.2) is 16.9 Å². The zero-order valence-corrected chi connectivity index (χ0v) is 12.5. The first-order valence-corrected chi connectivity index (χ1v) is 6.36. The number of carbonyl (C=O) groups is 1. The van der Waals surface area contributed by atoms with E-state index in [9.17, 15) is 14.9 Å². The van der Waals surface area contributed by atoms with E-state index in [0.29, 0.717) is 16.8 Å². The lowest BCUT2D eigenvalue weighted by molar-refractivity contribution is -0.385. The van der Waals surface area contributed by atoms with Gasteiger partial charge in [-0.1, -0.05) is 20.8 Å². The van der Waals surface area contributed by atoms with Gasteiger partial charge in [-0.3, -0.25) is 14.9 Å². The second-order valence-corrected chi connectivity index (χ2v) is 6.04. The molecule has 1 amide bonds. The summed E-state index contributed by atoms with van der Waals surface area (Å²) in [6, 6.07) is 2.39. The first-order chi connectivity index (χ1) is 9.04. The SMILES string of the molecule is Cc1cc([N+](=O)[O-])c(C)cc1NC(=O)[C@@H](N)C(C)(C)C. The Labute approximate surface area is 118 Å². The smallest absolute Gasteiger partial charge is 0.272 e. The molecule has 110 valence electrons. The second kappa shape index (κ2) is 5.58. The Kier molecular flexibility index (Phi) is 4.50. The highest BCUT2D eigenvalue weighted by molar-refractivity contribution is 5.96. The standard InChI is InChI=1S/C14H21N3O3/c1-8-7-11(17(19)20)9(2)6-10(8)16-13(18)12(15)14(3,4)5/h6-7,12H,15H2,1-5H3,(H,16,18)/t12-/m1/s1. The number of aryl methyl sites for hydroxylation is 2. The Balaban J connectivity index is 3.03. The molecule has 1 aromatic carbocycles. The summed E-state index contributed by atoms with van der Waals surface area (Å²) >= 11 is 0. The molecule has 1 aromatic rings. The first kappa shape index (κ1) is 16.1. The molecule has 0 saturated heterocycles. The van der Waals surface area contributed by atoms with Gasteiger partial charge in [0.2, 0.25) is 5.91 Å². The van der Waals surface area contributed by atoms with E-state index in [2.05, 4.69) is 5.32 Å². The van der Waals surface area contributed by atoms with Crippen LogP contribution in [0.4, 0.5) is 11.4 Å². The van der Waals surface area contributed by atoms with Gasteiger partial charge in [0, 0.05) is 17.3 Å². The van der Waals surface area contributed by atoms with Crippen molar-refractivity contribution in [3.8, 4) is 0 Å². The topological polar surface area (TPSA) is 98.3 Å². The van der Waals surface area contributed by atoms with Gasteiger partial charge in [0.25, 0.3) is 5.69 Å².